The fourth-order valence-electron chi connectivity index (χ4n) is 3.80. The predicted octanol–water partition coefficient (Wildman–Crippen LogP) is 4.03. The van der Waals surface area contributed by atoms with E-state index in [9.17, 15) is 14.7 Å². The molecule has 7 heteroatoms. The van der Waals surface area contributed by atoms with E-state index in [1.807, 2.05) is 19.1 Å². The number of ketones is 1. The Bertz CT molecular complexity index is 1200. The van der Waals surface area contributed by atoms with E-state index in [1.165, 1.54) is 19.1 Å². The SMILES string of the molecule is COc1ccc(/C(O)=C2/C(=O)C(=O)N(c3ccc(C)cc3)C2c2cccnc2)c(OC)c1. The summed E-state index contributed by atoms with van der Waals surface area (Å²) < 4.78 is 10.6. The topological polar surface area (TPSA) is 89.0 Å². The molecule has 3 aromatic rings. The van der Waals surface area contributed by atoms with E-state index < -0.39 is 17.7 Å². The van der Waals surface area contributed by atoms with Crippen molar-refractivity contribution in [1.82, 2.24) is 4.98 Å². The van der Waals surface area contributed by atoms with Crippen LogP contribution in [0.25, 0.3) is 5.76 Å². The number of nitrogens with zero attached hydrogens (tertiary/aromatic N) is 2. The average molecular weight is 430 g/mol. The highest BCUT2D eigenvalue weighted by atomic mass is 16.5. The molecule has 1 aliphatic heterocycles. The standard InChI is InChI=1S/C25H22N2O5/c1-15-6-8-17(9-7-15)27-22(16-5-4-12-26-14-16)21(24(29)25(27)30)23(28)19-11-10-18(31-2)13-20(19)32-3/h4-14,22,28H,1-3H3/b23-21-. The molecule has 32 heavy (non-hydrogen) atoms. The number of benzene rings is 2. The van der Waals surface area contributed by atoms with Gasteiger partial charge in [-0.25, -0.2) is 0 Å². The van der Waals surface area contributed by atoms with Gasteiger partial charge in [-0.15, -0.1) is 0 Å². The van der Waals surface area contributed by atoms with Crippen molar-refractivity contribution < 1.29 is 24.2 Å². The van der Waals surface area contributed by atoms with Crippen molar-refractivity contribution in [2.45, 2.75) is 13.0 Å². The summed E-state index contributed by atoms with van der Waals surface area (Å²) in [4.78, 5) is 31.9. The van der Waals surface area contributed by atoms with Gasteiger partial charge in [0.1, 0.15) is 17.3 Å². The number of hydrogen-bond donors (Lipinski definition) is 1. The van der Waals surface area contributed by atoms with Crippen LogP contribution in [0.1, 0.15) is 22.7 Å². The minimum Gasteiger partial charge on any atom is -0.507 e. The number of aliphatic hydroxyl groups is 1. The highest BCUT2D eigenvalue weighted by molar-refractivity contribution is 6.51. The summed E-state index contributed by atoms with van der Waals surface area (Å²) in [6, 6.07) is 14.8. The Morgan fingerprint density at radius 2 is 1.78 bits per heavy atom. The van der Waals surface area contributed by atoms with Crippen molar-refractivity contribution in [3.8, 4) is 11.5 Å². The fourth-order valence-corrected chi connectivity index (χ4v) is 3.80. The number of amides is 1. The van der Waals surface area contributed by atoms with Crippen LogP contribution in [0.3, 0.4) is 0 Å². The number of aromatic nitrogens is 1. The van der Waals surface area contributed by atoms with E-state index in [-0.39, 0.29) is 16.9 Å². The molecule has 0 radical (unpaired) electrons. The zero-order valence-electron chi connectivity index (χ0n) is 17.9. The molecule has 1 atom stereocenters. The van der Waals surface area contributed by atoms with Crippen LogP contribution in [-0.2, 0) is 9.59 Å². The van der Waals surface area contributed by atoms with Gasteiger partial charge in [0.15, 0.2) is 0 Å². The van der Waals surface area contributed by atoms with Gasteiger partial charge >= 0.3 is 0 Å². The molecular formula is C25H22N2O5. The van der Waals surface area contributed by atoms with E-state index >= 15 is 0 Å². The van der Waals surface area contributed by atoms with Gasteiger partial charge in [0.05, 0.1) is 31.4 Å². The van der Waals surface area contributed by atoms with Crippen LogP contribution in [0.5, 0.6) is 11.5 Å². The van der Waals surface area contributed by atoms with Crippen molar-refractivity contribution >= 4 is 23.1 Å². The van der Waals surface area contributed by atoms with Crippen LogP contribution in [0.4, 0.5) is 5.69 Å². The Labute approximate surface area is 185 Å². The molecule has 1 aromatic heterocycles. The number of pyridine rings is 1. The zero-order chi connectivity index (χ0) is 22.8. The highest BCUT2D eigenvalue weighted by Gasteiger charge is 2.47. The fraction of sp³-hybridized carbons (Fsp3) is 0.160. The minimum atomic E-state index is -0.849. The van der Waals surface area contributed by atoms with Crippen molar-refractivity contribution in [1.29, 1.82) is 0 Å². The maximum atomic E-state index is 13.2. The number of carbonyl (C=O) groups excluding carboxylic acids is 2. The molecule has 1 N–H and O–H groups in total. The first-order valence-electron chi connectivity index (χ1n) is 9.96. The molecule has 1 unspecified atom stereocenters. The third-order valence-electron chi connectivity index (χ3n) is 5.42. The second-order valence-electron chi connectivity index (χ2n) is 7.36. The summed E-state index contributed by atoms with van der Waals surface area (Å²) >= 11 is 0. The lowest BCUT2D eigenvalue weighted by Crippen LogP contribution is -2.29. The largest absolute Gasteiger partial charge is 0.507 e. The Balaban J connectivity index is 1.95. The monoisotopic (exact) mass is 430 g/mol. The summed E-state index contributed by atoms with van der Waals surface area (Å²) in [5.74, 6) is -0.992. The van der Waals surface area contributed by atoms with Gasteiger partial charge in [0, 0.05) is 24.1 Å². The number of Topliss-reactive ketones (excluding diaryl/α,β-unsaturated/α-hetero) is 1. The van der Waals surface area contributed by atoms with Crippen LogP contribution in [0.15, 0.2) is 72.6 Å². The molecule has 0 aliphatic carbocycles. The normalized spacial score (nSPS) is 17.5. The Kier molecular flexibility index (Phi) is 5.64. The van der Waals surface area contributed by atoms with Gasteiger partial charge in [-0.2, -0.15) is 0 Å². The lowest BCUT2D eigenvalue weighted by atomic mass is 9.95. The lowest BCUT2D eigenvalue weighted by molar-refractivity contribution is -0.132. The second-order valence-corrected chi connectivity index (χ2v) is 7.36. The first-order chi connectivity index (χ1) is 15.5. The molecule has 4 rings (SSSR count). The molecule has 1 amide bonds. The average Bonchev–Trinajstić information content (AvgIpc) is 3.09. The lowest BCUT2D eigenvalue weighted by Gasteiger charge is -2.25. The van der Waals surface area contributed by atoms with Crippen molar-refractivity contribution in [3.05, 3.63) is 89.3 Å². The molecule has 1 saturated heterocycles. The predicted molar refractivity (Wildman–Crippen MR) is 120 cm³/mol. The summed E-state index contributed by atoms with van der Waals surface area (Å²) in [5.41, 5.74) is 2.41. The third-order valence-corrected chi connectivity index (χ3v) is 5.42. The summed E-state index contributed by atoms with van der Waals surface area (Å²) in [6.07, 6.45) is 3.18. The number of aryl methyl sites for hydroxylation is 1. The summed E-state index contributed by atoms with van der Waals surface area (Å²) in [7, 11) is 2.97. The minimum absolute atomic E-state index is 0.0351. The van der Waals surface area contributed by atoms with Crippen LogP contribution in [0.2, 0.25) is 0 Å². The van der Waals surface area contributed by atoms with Gasteiger partial charge in [-0.3, -0.25) is 19.5 Å². The quantitative estimate of drug-likeness (QED) is 0.373. The van der Waals surface area contributed by atoms with E-state index in [0.717, 1.165) is 5.56 Å². The third kappa shape index (κ3) is 3.58. The Morgan fingerprint density at radius 3 is 2.41 bits per heavy atom. The molecule has 0 bridgehead atoms. The molecular weight excluding hydrogens is 408 g/mol. The molecule has 2 aromatic carbocycles. The molecule has 1 fully saturated rings. The molecule has 162 valence electrons. The van der Waals surface area contributed by atoms with Crippen molar-refractivity contribution in [2.24, 2.45) is 0 Å². The number of hydrogen-bond acceptors (Lipinski definition) is 6. The smallest absolute Gasteiger partial charge is 0.300 e. The van der Waals surface area contributed by atoms with Gasteiger partial charge in [0.25, 0.3) is 11.7 Å². The number of carbonyl (C=O) groups is 2. The van der Waals surface area contributed by atoms with E-state index in [1.54, 1.807) is 54.9 Å². The first kappa shape index (κ1) is 21.1. The van der Waals surface area contributed by atoms with E-state index in [0.29, 0.717) is 22.7 Å². The molecule has 7 nitrogen and oxygen atoms in total. The number of rotatable bonds is 5. The van der Waals surface area contributed by atoms with Crippen LogP contribution < -0.4 is 14.4 Å². The highest BCUT2D eigenvalue weighted by Crippen LogP contribution is 2.43. The summed E-state index contributed by atoms with van der Waals surface area (Å²) in [6.45, 7) is 1.94. The molecule has 0 saturated carbocycles. The maximum absolute atomic E-state index is 13.2. The summed E-state index contributed by atoms with van der Waals surface area (Å²) in [5, 5.41) is 11.3. The molecule has 2 heterocycles. The van der Waals surface area contributed by atoms with Gasteiger partial charge in [-0.1, -0.05) is 23.8 Å². The number of aliphatic hydroxyl groups excluding tert-OH is 1. The van der Waals surface area contributed by atoms with Crippen molar-refractivity contribution in [2.75, 3.05) is 19.1 Å². The van der Waals surface area contributed by atoms with E-state index in [2.05, 4.69) is 4.98 Å². The van der Waals surface area contributed by atoms with Gasteiger partial charge in [-0.05, 0) is 42.8 Å². The van der Waals surface area contributed by atoms with E-state index in [4.69, 9.17) is 9.47 Å². The Hall–Kier alpha value is -4.13. The van der Waals surface area contributed by atoms with Gasteiger partial charge in [0.2, 0.25) is 0 Å². The van der Waals surface area contributed by atoms with Crippen molar-refractivity contribution in [3.63, 3.8) is 0 Å². The maximum Gasteiger partial charge on any atom is 0.300 e. The van der Waals surface area contributed by atoms with Crippen LogP contribution >= 0.6 is 0 Å². The number of anilines is 1. The van der Waals surface area contributed by atoms with Gasteiger partial charge < -0.3 is 14.6 Å². The first-order valence-corrected chi connectivity index (χ1v) is 9.96. The zero-order valence-corrected chi connectivity index (χ0v) is 17.9. The number of ether oxygens (including phenoxy) is 2. The van der Waals surface area contributed by atoms with Crippen LogP contribution in [-0.4, -0.2) is 36.0 Å². The number of methoxy groups -OCH3 is 2. The second kappa shape index (κ2) is 8.55. The molecule has 0 spiro atoms. The molecule has 1 aliphatic rings. The Morgan fingerprint density at radius 1 is 1.03 bits per heavy atom. The van der Waals surface area contributed by atoms with Crippen LogP contribution in [0, 0.1) is 6.92 Å².